The van der Waals surface area contributed by atoms with E-state index in [9.17, 15) is 14.4 Å². The fraction of sp³-hybridized carbons (Fsp3) is 0.308. The van der Waals surface area contributed by atoms with Crippen molar-refractivity contribution in [3.05, 3.63) is 29.8 Å². The molecule has 2 amide bonds. The van der Waals surface area contributed by atoms with Gasteiger partial charge in [0.2, 0.25) is 11.8 Å². The van der Waals surface area contributed by atoms with Gasteiger partial charge in [0.1, 0.15) is 0 Å². The number of esters is 1. The van der Waals surface area contributed by atoms with E-state index in [1.165, 1.54) is 12.0 Å². The molecule has 2 rings (SSSR count). The Hall–Kier alpha value is -2.37. The molecule has 1 aromatic rings. The molecular formula is C13H14N2O4. The van der Waals surface area contributed by atoms with Crippen LogP contribution in [0.2, 0.25) is 0 Å². The SMILES string of the molecule is COC(=O)c1ccc(N2CC(C(N)=O)CC2=O)cc1. The highest BCUT2D eigenvalue weighted by molar-refractivity contribution is 6.00. The molecule has 0 radical (unpaired) electrons. The van der Waals surface area contributed by atoms with Gasteiger partial charge in [0, 0.05) is 18.7 Å². The minimum Gasteiger partial charge on any atom is -0.465 e. The number of rotatable bonds is 3. The molecule has 1 aromatic carbocycles. The monoisotopic (exact) mass is 262 g/mol. The average Bonchev–Trinajstić information content (AvgIpc) is 2.80. The van der Waals surface area contributed by atoms with Gasteiger partial charge in [0.15, 0.2) is 0 Å². The molecule has 100 valence electrons. The van der Waals surface area contributed by atoms with Crippen molar-refractivity contribution in [2.24, 2.45) is 11.7 Å². The molecular weight excluding hydrogens is 248 g/mol. The Morgan fingerprint density at radius 1 is 1.32 bits per heavy atom. The third-order valence-electron chi connectivity index (χ3n) is 3.13. The number of amides is 2. The van der Waals surface area contributed by atoms with Crippen molar-refractivity contribution in [1.29, 1.82) is 0 Å². The van der Waals surface area contributed by atoms with Crippen LogP contribution in [-0.4, -0.2) is 31.4 Å². The van der Waals surface area contributed by atoms with Crippen LogP contribution in [0.15, 0.2) is 24.3 Å². The van der Waals surface area contributed by atoms with Crippen LogP contribution >= 0.6 is 0 Å². The number of primary amides is 1. The number of anilines is 1. The molecule has 6 nitrogen and oxygen atoms in total. The van der Waals surface area contributed by atoms with E-state index in [1.54, 1.807) is 24.3 Å². The second kappa shape index (κ2) is 5.09. The first kappa shape index (κ1) is 13.1. The minimum absolute atomic E-state index is 0.133. The Morgan fingerprint density at radius 3 is 2.42 bits per heavy atom. The van der Waals surface area contributed by atoms with Gasteiger partial charge >= 0.3 is 5.97 Å². The van der Waals surface area contributed by atoms with Gasteiger partial charge in [-0.15, -0.1) is 0 Å². The topological polar surface area (TPSA) is 89.7 Å². The first-order valence-electron chi connectivity index (χ1n) is 5.81. The second-order valence-electron chi connectivity index (χ2n) is 4.35. The Bertz CT molecular complexity index is 524. The largest absolute Gasteiger partial charge is 0.465 e. The summed E-state index contributed by atoms with van der Waals surface area (Å²) in [5, 5.41) is 0. The van der Waals surface area contributed by atoms with E-state index in [1.807, 2.05) is 0 Å². The van der Waals surface area contributed by atoms with Gasteiger partial charge in [-0.1, -0.05) is 0 Å². The third kappa shape index (κ3) is 2.57. The van der Waals surface area contributed by atoms with Gasteiger partial charge in [-0.3, -0.25) is 9.59 Å². The van der Waals surface area contributed by atoms with E-state index in [0.717, 1.165) is 0 Å². The molecule has 1 saturated heterocycles. The molecule has 1 aliphatic heterocycles. The zero-order chi connectivity index (χ0) is 14.0. The molecule has 1 unspecified atom stereocenters. The van der Waals surface area contributed by atoms with Crippen LogP contribution in [0.4, 0.5) is 5.69 Å². The summed E-state index contributed by atoms with van der Waals surface area (Å²) in [5.74, 6) is -1.50. The van der Waals surface area contributed by atoms with Crippen molar-refractivity contribution in [2.75, 3.05) is 18.6 Å². The molecule has 0 saturated carbocycles. The maximum Gasteiger partial charge on any atom is 0.337 e. The summed E-state index contributed by atoms with van der Waals surface area (Å²) in [5.41, 5.74) is 6.25. The van der Waals surface area contributed by atoms with E-state index in [-0.39, 0.29) is 18.9 Å². The molecule has 2 N–H and O–H groups in total. The zero-order valence-corrected chi connectivity index (χ0v) is 10.5. The quantitative estimate of drug-likeness (QED) is 0.794. The lowest BCUT2D eigenvalue weighted by atomic mass is 10.1. The van der Waals surface area contributed by atoms with E-state index >= 15 is 0 Å². The summed E-state index contributed by atoms with van der Waals surface area (Å²) in [4.78, 5) is 35.7. The maximum absolute atomic E-state index is 11.8. The lowest BCUT2D eigenvalue weighted by molar-refractivity contribution is -0.123. The zero-order valence-electron chi connectivity index (χ0n) is 10.5. The van der Waals surface area contributed by atoms with Crippen LogP contribution in [0, 0.1) is 5.92 Å². The lowest BCUT2D eigenvalue weighted by Crippen LogP contribution is -2.28. The number of carbonyl (C=O) groups is 3. The number of carbonyl (C=O) groups excluding carboxylic acids is 3. The number of nitrogens with zero attached hydrogens (tertiary/aromatic N) is 1. The normalized spacial score (nSPS) is 18.5. The van der Waals surface area contributed by atoms with E-state index in [4.69, 9.17) is 5.73 Å². The number of ether oxygens (including phenoxy) is 1. The van der Waals surface area contributed by atoms with Gasteiger partial charge in [0.25, 0.3) is 0 Å². The van der Waals surface area contributed by atoms with E-state index in [2.05, 4.69) is 4.74 Å². The Kier molecular flexibility index (Phi) is 3.50. The molecule has 1 heterocycles. The summed E-state index contributed by atoms with van der Waals surface area (Å²) in [6.07, 6.45) is 0.133. The van der Waals surface area contributed by atoms with E-state index in [0.29, 0.717) is 11.3 Å². The number of hydrogen-bond donors (Lipinski definition) is 1. The summed E-state index contributed by atoms with van der Waals surface area (Å²) >= 11 is 0. The second-order valence-corrected chi connectivity index (χ2v) is 4.35. The summed E-state index contributed by atoms with van der Waals surface area (Å²) in [6.45, 7) is 0.283. The van der Waals surface area contributed by atoms with Gasteiger partial charge < -0.3 is 15.4 Å². The third-order valence-corrected chi connectivity index (χ3v) is 3.13. The standard InChI is InChI=1S/C13H14N2O4/c1-19-13(18)8-2-4-10(5-3-8)15-7-9(12(14)17)6-11(15)16/h2-5,9H,6-7H2,1H3,(H2,14,17). The van der Waals surface area contributed by atoms with Crippen molar-refractivity contribution in [1.82, 2.24) is 0 Å². The van der Waals surface area contributed by atoms with Crippen molar-refractivity contribution in [3.63, 3.8) is 0 Å². The number of nitrogens with two attached hydrogens (primary N) is 1. The number of methoxy groups -OCH3 is 1. The average molecular weight is 262 g/mol. The van der Waals surface area contributed by atoms with Gasteiger partial charge in [-0.2, -0.15) is 0 Å². The fourth-order valence-corrected chi connectivity index (χ4v) is 2.04. The maximum atomic E-state index is 11.8. The van der Waals surface area contributed by atoms with Crippen LogP contribution in [0.1, 0.15) is 16.8 Å². The fourth-order valence-electron chi connectivity index (χ4n) is 2.04. The predicted octanol–water partition coefficient (Wildman–Crippen LogP) is 0.311. The highest BCUT2D eigenvalue weighted by Gasteiger charge is 2.33. The smallest absolute Gasteiger partial charge is 0.337 e. The van der Waals surface area contributed by atoms with Crippen LogP contribution in [0.3, 0.4) is 0 Å². The Labute approximate surface area is 110 Å². The number of benzene rings is 1. The van der Waals surface area contributed by atoms with E-state index < -0.39 is 17.8 Å². The molecule has 19 heavy (non-hydrogen) atoms. The van der Waals surface area contributed by atoms with Crippen molar-refractivity contribution < 1.29 is 19.1 Å². The molecule has 0 bridgehead atoms. The molecule has 1 atom stereocenters. The molecule has 0 aliphatic carbocycles. The molecule has 1 aliphatic rings. The van der Waals surface area contributed by atoms with Crippen molar-refractivity contribution in [3.8, 4) is 0 Å². The van der Waals surface area contributed by atoms with Crippen LogP contribution in [-0.2, 0) is 14.3 Å². The molecule has 6 heteroatoms. The lowest BCUT2D eigenvalue weighted by Gasteiger charge is -2.16. The molecule has 1 fully saturated rings. The first-order valence-corrected chi connectivity index (χ1v) is 5.81. The Morgan fingerprint density at radius 2 is 1.95 bits per heavy atom. The molecule has 0 spiro atoms. The van der Waals surface area contributed by atoms with Gasteiger partial charge in [-0.05, 0) is 24.3 Å². The minimum atomic E-state index is -0.470. The summed E-state index contributed by atoms with van der Waals surface area (Å²) < 4.78 is 4.59. The van der Waals surface area contributed by atoms with Gasteiger partial charge in [0.05, 0.1) is 18.6 Å². The van der Waals surface area contributed by atoms with Crippen LogP contribution in [0.25, 0.3) is 0 Å². The first-order chi connectivity index (χ1) is 9.02. The van der Waals surface area contributed by atoms with Gasteiger partial charge in [-0.25, -0.2) is 4.79 Å². The Balaban J connectivity index is 2.17. The number of hydrogen-bond acceptors (Lipinski definition) is 4. The highest BCUT2D eigenvalue weighted by Crippen LogP contribution is 2.25. The predicted molar refractivity (Wildman–Crippen MR) is 67.4 cm³/mol. The summed E-state index contributed by atoms with van der Waals surface area (Å²) in [7, 11) is 1.30. The van der Waals surface area contributed by atoms with Crippen LogP contribution < -0.4 is 10.6 Å². The van der Waals surface area contributed by atoms with Crippen LogP contribution in [0.5, 0.6) is 0 Å². The van der Waals surface area contributed by atoms with Crippen molar-refractivity contribution in [2.45, 2.75) is 6.42 Å². The van der Waals surface area contributed by atoms with Crippen molar-refractivity contribution >= 4 is 23.5 Å². The highest BCUT2D eigenvalue weighted by atomic mass is 16.5. The summed E-state index contributed by atoms with van der Waals surface area (Å²) in [6, 6.07) is 6.44. The molecule has 0 aromatic heterocycles.